The van der Waals surface area contributed by atoms with Crippen LogP contribution in [0.3, 0.4) is 0 Å². The number of carbonyl (C=O) groups is 2. The first-order valence-corrected chi connectivity index (χ1v) is 10.9. The zero-order valence-electron chi connectivity index (χ0n) is 16.0. The predicted molar refractivity (Wildman–Crippen MR) is 117 cm³/mol. The summed E-state index contributed by atoms with van der Waals surface area (Å²) in [6.45, 7) is 0.0248. The van der Waals surface area contributed by atoms with Gasteiger partial charge in [-0.2, -0.15) is 0 Å². The number of para-hydroxylation sites is 1. The van der Waals surface area contributed by atoms with Gasteiger partial charge >= 0.3 is 0 Å². The van der Waals surface area contributed by atoms with Crippen LogP contribution < -0.4 is 9.80 Å². The maximum absolute atomic E-state index is 14.3. The van der Waals surface area contributed by atoms with Crippen molar-refractivity contribution in [3.05, 3.63) is 94.5 Å². The highest BCUT2D eigenvalue weighted by molar-refractivity contribution is 8.02. The number of halogens is 3. The fraction of sp³-hybridized carbons (Fsp3) is 0.130. The van der Waals surface area contributed by atoms with Gasteiger partial charge in [-0.05, 0) is 30.3 Å². The third-order valence-electron chi connectivity index (χ3n) is 5.51. The number of fused-ring (bicyclic) bond motifs is 2. The van der Waals surface area contributed by atoms with E-state index in [-0.39, 0.29) is 29.1 Å². The van der Waals surface area contributed by atoms with Crippen molar-refractivity contribution in [2.45, 2.75) is 11.4 Å². The second kappa shape index (κ2) is 7.35. The molecule has 1 atom stereocenters. The third kappa shape index (κ3) is 2.95. The molecular formula is C23H15ClF2N2O2S. The van der Waals surface area contributed by atoms with Crippen molar-refractivity contribution in [2.24, 2.45) is 0 Å². The predicted octanol–water partition coefficient (Wildman–Crippen LogP) is 5.10. The number of amides is 2. The van der Waals surface area contributed by atoms with Gasteiger partial charge < -0.3 is 4.90 Å². The topological polar surface area (TPSA) is 40.6 Å². The lowest BCUT2D eigenvalue weighted by molar-refractivity contribution is -0.123. The molecule has 0 bridgehead atoms. The van der Waals surface area contributed by atoms with Gasteiger partial charge in [0.05, 0.1) is 23.0 Å². The number of anilines is 2. The largest absolute Gasteiger partial charge is 0.304 e. The van der Waals surface area contributed by atoms with E-state index in [2.05, 4.69) is 0 Å². The molecule has 0 radical (unpaired) electrons. The smallest absolute Gasteiger partial charge is 0.269 e. The first-order valence-electron chi connectivity index (χ1n) is 9.50. The van der Waals surface area contributed by atoms with E-state index >= 15 is 0 Å². The first-order chi connectivity index (χ1) is 14.9. The molecular weight excluding hydrogens is 442 g/mol. The average Bonchev–Trinajstić information content (AvgIpc) is 3.23. The minimum Gasteiger partial charge on any atom is -0.304 e. The third-order valence-corrected chi connectivity index (χ3v) is 7.19. The number of carbonyl (C=O) groups excluding carboxylic acids is 2. The van der Waals surface area contributed by atoms with Gasteiger partial charge in [0.2, 0.25) is 10.8 Å². The molecule has 0 saturated carbocycles. The van der Waals surface area contributed by atoms with E-state index in [1.165, 1.54) is 45.8 Å². The normalized spacial score (nSPS) is 20.1. The van der Waals surface area contributed by atoms with E-state index in [4.69, 9.17) is 11.6 Å². The van der Waals surface area contributed by atoms with Crippen molar-refractivity contribution in [1.29, 1.82) is 0 Å². The lowest BCUT2D eigenvalue weighted by Gasteiger charge is -2.33. The van der Waals surface area contributed by atoms with Gasteiger partial charge in [-0.1, -0.05) is 48.0 Å². The molecule has 2 amide bonds. The van der Waals surface area contributed by atoms with Gasteiger partial charge in [0.25, 0.3) is 5.91 Å². The summed E-state index contributed by atoms with van der Waals surface area (Å²) in [4.78, 5) is 28.3. The summed E-state index contributed by atoms with van der Waals surface area (Å²) in [5, 5.41) is -0.140. The lowest BCUT2D eigenvalue weighted by atomic mass is 10.0. The van der Waals surface area contributed by atoms with E-state index in [9.17, 15) is 18.4 Å². The van der Waals surface area contributed by atoms with Crippen LogP contribution in [0, 0.1) is 11.6 Å². The molecule has 2 heterocycles. The Bertz CT molecular complexity index is 1240. The quantitative estimate of drug-likeness (QED) is 0.550. The van der Waals surface area contributed by atoms with Gasteiger partial charge in [-0.3, -0.25) is 14.5 Å². The molecule has 156 valence electrons. The van der Waals surface area contributed by atoms with Crippen LogP contribution in [0.15, 0.2) is 66.7 Å². The van der Waals surface area contributed by atoms with Crippen molar-refractivity contribution < 1.29 is 18.4 Å². The van der Waals surface area contributed by atoms with Crippen LogP contribution in [0.5, 0.6) is 0 Å². The maximum atomic E-state index is 14.3. The maximum Gasteiger partial charge on any atom is 0.269 e. The molecule has 1 saturated heterocycles. The van der Waals surface area contributed by atoms with E-state index in [0.29, 0.717) is 22.5 Å². The lowest BCUT2D eigenvalue weighted by Crippen LogP contribution is -2.49. The van der Waals surface area contributed by atoms with Gasteiger partial charge in [-0.25, -0.2) is 8.78 Å². The highest BCUT2D eigenvalue weighted by Gasteiger charge is 2.61. The van der Waals surface area contributed by atoms with Crippen molar-refractivity contribution in [2.75, 3.05) is 15.6 Å². The molecule has 31 heavy (non-hydrogen) atoms. The highest BCUT2D eigenvalue weighted by atomic mass is 35.5. The Morgan fingerprint density at radius 2 is 1.71 bits per heavy atom. The molecule has 3 aromatic carbocycles. The van der Waals surface area contributed by atoms with Crippen molar-refractivity contribution in [3.8, 4) is 0 Å². The molecule has 3 aromatic rings. The summed E-state index contributed by atoms with van der Waals surface area (Å²) in [7, 11) is 0. The molecule has 4 nitrogen and oxygen atoms in total. The Morgan fingerprint density at radius 3 is 2.48 bits per heavy atom. The Morgan fingerprint density at radius 1 is 0.968 bits per heavy atom. The van der Waals surface area contributed by atoms with Gasteiger partial charge in [0.1, 0.15) is 11.6 Å². The fourth-order valence-corrected chi connectivity index (χ4v) is 5.67. The van der Waals surface area contributed by atoms with E-state index in [0.717, 1.165) is 0 Å². The summed E-state index contributed by atoms with van der Waals surface area (Å²) >= 11 is 7.17. The van der Waals surface area contributed by atoms with Crippen LogP contribution in [-0.4, -0.2) is 17.6 Å². The number of nitrogens with zero attached hydrogens (tertiary/aromatic N) is 2. The number of hydrogen-bond acceptors (Lipinski definition) is 3. The van der Waals surface area contributed by atoms with E-state index < -0.39 is 16.5 Å². The number of rotatable bonds is 3. The van der Waals surface area contributed by atoms with Crippen molar-refractivity contribution in [3.63, 3.8) is 0 Å². The van der Waals surface area contributed by atoms with Gasteiger partial charge in [0.15, 0.2) is 0 Å². The van der Waals surface area contributed by atoms with Crippen molar-refractivity contribution >= 4 is 46.6 Å². The Hall–Kier alpha value is -2.90. The second-order valence-corrected chi connectivity index (χ2v) is 8.84. The molecule has 1 fully saturated rings. The number of benzene rings is 3. The summed E-state index contributed by atoms with van der Waals surface area (Å²) in [5.74, 6) is -1.59. The molecule has 2 aliphatic heterocycles. The van der Waals surface area contributed by atoms with E-state index in [1.54, 1.807) is 42.5 Å². The summed E-state index contributed by atoms with van der Waals surface area (Å²) in [6.07, 6.45) is 0. The van der Waals surface area contributed by atoms with Crippen LogP contribution >= 0.6 is 23.4 Å². The summed E-state index contributed by atoms with van der Waals surface area (Å²) in [6, 6.07) is 17.4. The number of hydrogen-bond donors (Lipinski definition) is 0. The Kier molecular flexibility index (Phi) is 4.75. The molecule has 2 aliphatic rings. The zero-order chi connectivity index (χ0) is 21.8. The molecule has 0 N–H and O–H groups in total. The monoisotopic (exact) mass is 456 g/mol. The SMILES string of the molecule is O=C1CS[C@@]2(C(=O)N(Cc3ccccc3F)c3ccccc32)N1c1ccc(F)c(Cl)c1. The first kappa shape index (κ1) is 20.0. The molecule has 0 aromatic heterocycles. The Balaban J connectivity index is 1.66. The van der Waals surface area contributed by atoms with Crippen LogP contribution in [0.25, 0.3) is 0 Å². The van der Waals surface area contributed by atoms with Gasteiger partial charge in [-0.15, -0.1) is 11.8 Å². The van der Waals surface area contributed by atoms with Crippen LogP contribution in [-0.2, 0) is 21.0 Å². The molecule has 1 spiro atoms. The minimum absolute atomic E-state index is 0.0248. The van der Waals surface area contributed by atoms with E-state index in [1.807, 2.05) is 0 Å². The van der Waals surface area contributed by atoms with Crippen molar-refractivity contribution in [1.82, 2.24) is 0 Å². The number of thioether (sulfide) groups is 1. The average molecular weight is 457 g/mol. The fourth-order valence-electron chi connectivity index (χ4n) is 4.13. The standard InChI is InChI=1S/C23H15ClF2N2O2S/c24-17-11-15(9-10-19(17)26)28-21(29)13-31-23(28)16-6-2-4-8-20(16)27(22(23)30)12-14-5-1-3-7-18(14)25/h1-11H,12-13H2/t23-/m0/s1. The minimum atomic E-state index is -1.36. The summed E-state index contributed by atoms with van der Waals surface area (Å²) in [5.41, 5.74) is 1.94. The molecule has 0 unspecified atom stereocenters. The molecule has 0 aliphatic carbocycles. The van der Waals surface area contributed by atoms with Crippen LogP contribution in [0.1, 0.15) is 11.1 Å². The second-order valence-electron chi connectivity index (χ2n) is 7.26. The zero-order valence-corrected chi connectivity index (χ0v) is 17.6. The van der Waals surface area contributed by atoms with Gasteiger partial charge in [0, 0.05) is 16.8 Å². The Labute approximate surface area is 186 Å². The highest BCUT2D eigenvalue weighted by Crippen LogP contribution is 2.56. The summed E-state index contributed by atoms with van der Waals surface area (Å²) < 4.78 is 28.1. The molecule has 5 rings (SSSR count). The molecule has 8 heteroatoms. The van der Waals surface area contributed by atoms with Crippen LogP contribution in [0.2, 0.25) is 5.02 Å². The van der Waals surface area contributed by atoms with Crippen LogP contribution in [0.4, 0.5) is 20.2 Å².